The Hall–Kier alpha value is -3.08. The summed E-state index contributed by atoms with van der Waals surface area (Å²) in [5, 5.41) is 10.3. The van der Waals surface area contributed by atoms with Crippen LogP contribution in [0.15, 0.2) is 23.0 Å². The van der Waals surface area contributed by atoms with E-state index in [0.717, 1.165) is 12.8 Å². The van der Waals surface area contributed by atoms with Crippen LogP contribution >= 0.6 is 0 Å². The number of fused-ring (bicyclic) bond motifs is 1. The third-order valence-electron chi connectivity index (χ3n) is 4.91. The van der Waals surface area contributed by atoms with Gasteiger partial charge >= 0.3 is 6.09 Å². The van der Waals surface area contributed by atoms with Crippen molar-refractivity contribution in [2.75, 3.05) is 18.0 Å². The molecule has 1 atom stereocenters. The minimum atomic E-state index is -0.876. The molecule has 0 radical (unpaired) electrons. The van der Waals surface area contributed by atoms with Crippen molar-refractivity contribution in [1.82, 2.24) is 4.57 Å². The summed E-state index contributed by atoms with van der Waals surface area (Å²) in [6, 6.07) is 6.46. The van der Waals surface area contributed by atoms with Gasteiger partial charge in [-0.25, -0.2) is 9.18 Å². The zero-order chi connectivity index (χ0) is 18.4. The number of halogens is 1. The molecule has 4 rings (SSSR count). The fourth-order valence-corrected chi connectivity index (χ4v) is 3.69. The molecular weight excluding hydrogens is 339 g/mol. The van der Waals surface area contributed by atoms with Gasteiger partial charge in [0.1, 0.15) is 23.6 Å². The van der Waals surface area contributed by atoms with Crippen molar-refractivity contribution in [1.29, 1.82) is 5.26 Å². The number of nitrogens with two attached hydrogens (primary N) is 1. The molecule has 1 aliphatic carbocycles. The van der Waals surface area contributed by atoms with Crippen LogP contribution in [-0.4, -0.2) is 29.9 Å². The maximum absolute atomic E-state index is 14.8. The number of primary amides is 1. The number of carbonyl (C=O) groups excluding carboxylic acids is 1. The Balaban J connectivity index is 1.87. The van der Waals surface area contributed by atoms with E-state index in [1.807, 2.05) is 0 Å². The van der Waals surface area contributed by atoms with Crippen LogP contribution in [0.2, 0.25) is 0 Å². The second-order valence-corrected chi connectivity index (χ2v) is 6.70. The first-order valence-corrected chi connectivity index (χ1v) is 8.48. The molecule has 1 unspecified atom stereocenters. The minimum Gasteiger partial charge on any atom is -0.444 e. The van der Waals surface area contributed by atoms with Gasteiger partial charge in [-0.15, -0.1) is 0 Å². The number of hydrogen-bond acceptors (Lipinski definition) is 5. The molecule has 8 heteroatoms. The molecule has 7 nitrogen and oxygen atoms in total. The first kappa shape index (κ1) is 16.4. The van der Waals surface area contributed by atoms with Crippen molar-refractivity contribution >= 4 is 22.7 Å². The Morgan fingerprint density at radius 3 is 2.77 bits per heavy atom. The fraction of sp³-hybridized carbons (Fsp3) is 0.389. The maximum atomic E-state index is 14.8. The highest BCUT2D eigenvalue weighted by Gasteiger charge is 2.32. The molecule has 0 spiro atoms. The molecule has 2 aromatic rings. The lowest BCUT2D eigenvalue weighted by atomic mass is 10.1. The summed E-state index contributed by atoms with van der Waals surface area (Å²) >= 11 is 0. The van der Waals surface area contributed by atoms with E-state index in [1.165, 1.54) is 12.1 Å². The van der Waals surface area contributed by atoms with E-state index >= 15 is 0 Å². The topological polar surface area (TPSA) is 101 Å². The lowest BCUT2D eigenvalue weighted by Crippen LogP contribution is -2.28. The molecule has 1 aliphatic heterocycles. The third kappa shape index (κ3) is 2.65. The van der Waals surface area contributed by atoms with Crippen LogP contribution in [0.25, 0.3) is 10.9 Å². The normalized spacial score (nSPS) is 19.5. The number of ether oxygens (including phenoxy) is 1. The second-order valence-electron chi connectivity index (χ2n) is 6.70. The average Bonchev–Trinajstić information content (AvgIpc) is 3.33. The SMILES string of the molecule is N#Cc1c(N2CCC(OC(N)=O)C2)c(F)cc2ccc(=O)n(C3CC3)c12. The number of anilines is 1. The van der Waals surface area contributed by atoms with Crippen LogP contribution in [0.1, 0.15) is 30.9 Å². The summed E-state index contributed by atoms with van der Waals surface area (Å²) in [5.41, 5.74) is 5.62. The van der Waals surface area contributed by atoms with Crippen LogP contribution in [0.5, 0.6) is 0 Å². The molecule has 2 heterocycles. The monoisotopic (exact) mass is 356 g/mol. The van der Waals surface area contributed by atoms with Gasteiger partial charge < -0.3 is 19.9 Å². The molecular formula is C18H17FN4O3. The van der Waals surface area contributed by atoms with Gasteiger partial charge in [-0.05, 0) is 25.0 Å². The van der Waals surface area contributed by atoms with Crippen molar-refractivity contribution in [3.63, 3.8) is 0 Å². The summed E-state index contributed by atoms with van der Waals surface area (Å²) in [6.45, 7) is 0.677. The summed E-state index contributed by atoms with van der Waals surface area (Å²) < 4.78 is 21.4. The van der Waals surface area contributed by atoms with Crippen LogP contribution in [0, 0.1) is 17.1 Å². The van der Waals surface area contributed by atoms with Gasteiger partial charge in [-0.2, -0.15) is 5.26 Å². The fourth-order valence-electron chi connectivity index (χ4n) is 3.69. The van der Waals surface area contributed by atoms with Crippen LogP contribution in [0.3, 0.4) is 0 Å². The molecule has 1 saturated carbocycles. The molecule has 1 aromatic carbocycles. The van der Waals surface area contributed by atoms with Crippen molar-refractivity contribution in [2.24, 2.45) is 5.73 Å². The van der Waals surface area contributed by atoms with Gasteiger partial charge in [0.05, 0.1) is 17.7 Å². The van der Waals surface area contributed by atoms with Gasteiger partial charge in [0.2, 0.25) is 0 Å². The van der Waals surface area contributed by atoms with Crippen molar-refractivity contribution in [2.45, 2.75) is 31.4 Å². The highest BCUT2D eigenvalue weighted by atomic mass is 19.1. The smallest absolute Gasteiger partial charge is 0.404 e. The van der Waals surface area contributed by atoms with E-state index in [9.17, 15) is 19.2 Å². The number of hydrogen-bond donors (Lipinski definition) is 1. The Labute approximate surface area is 148 Å². The molecule has 1 saturated heterocycles. The first-order valence-electron chi connectivity index (χ1n) is 8.48. The predicted octanol–water partition coefficient (Wildman–Crippen LogP) is 2.02. The van der Waals surface area contributed by atoms with Gasteiger partial charge in [0.25, 0.3) is 5.56 Å². The Bertz CT molecular complexity index is 1010. The number of nitriles is 1. The van der Waals surface area contributed by atoms with Gasteiger partial charge in [0, 0.05) is 30.5 Å². The van der Waals surface area contributed by atoms with Crippen LogP contribution in [-0.2, 0) is 4.74 Å². The molecule has 2 N–H and O–H groups in total. The molecule has 134 valence electrons. The number of amides is 1. The number of pyridine rings is 1. The number of nitrogens with zero attached hydrogens (tertiary/aromatic N) is 3. The van der Waals surface area contributed by atoms with E-state index in [4.69, 9.17) is 10.5 Å². The first-order chi connectivity index (χ1) is 12.5. The Morgan fingerprint density at radius 2 is 2.12 bits per heavy atom. The predicted molar refractivity (Wildman–Crippen MR) is 92.4 cm³/mol. The van der Waals surface area contributed by atoms with Crippen molar-refractivity contribution < 1.29 is 13.9 Å². The summed E-state index contributed by atoms with van der Waals surface area (Å²) in [7, 11) is 0. The standard InChI is InChI=1S/C18H17FN4O3/c19-14-7-10-1-4-15(24)23(11-2-3-11)16(10)13(8-20)17(14)22-6-5-12(9-22)26-18(21)25/h1,4,7,11-12H,2-3,5-6,9H2,(H2,21,25). The lowest BCUT2D eigenvalue weighted by molar-refractivity contribution is 0.117. The number of carbonyl (C=O) groups is 1. The summed E-state index contributed by atoms with van der Waals surface area (Å²) in [4.78, 5) is 25.0. The Morgan fingerprint density at radius 1 is 1.35 bits per heavy atom. The van der Waals surface area contributed by atoms with E-state index < -0.39 is 18.0 Å². The van der Waals surface area contributed by atoms with Gasteiger partial charge in [0.15, 0.2) is 0 Å². The molecule has 2 aliphatic rings. The van der Waals surface area contributed by atoms with Gasteiger partial charge in [-0.1, -0.05) is 0 Å². The molecule has 2 fully saturated rings. The lowest BCUT2D eigenvalue weighted by Gasteiger charge is -2.22. The zero-order valence-electron chi connectivity index (χ0n) is 13.9. The van der Waals surface area contributed by atoms with E-state index in [1.54, 1.807) is 15.5 Å². The van der Waals surface area contributed by atoms with Crippen molar-refractivity contribution in [3.05, 3.63) is 39.9 Å². The Kier molecular flexibility index (Phi) is 3.80. The number of benzene rings is 1. The van der Waals surface area contributed by atoms with Gasteiger partial charge in [-0.3, -0.25) is 4.79 Å². The quantitative estimate of drug-likeness (QED) is 0.907. The van der Waals surface area contributed by atoms with Crippen molar-refractivity contribution in [3.8, 4) is 6.07 Å². The largest absolute Gasteiger partial charge is 0.444 e. The highest BCUT2D eigenvalue weighted by molar-refractivity contribution is 5.91. The van der Waals surface area contributed by atoms with E-state index in [0.29, 0.717) is 23.9 Å². The van der Waals surface area contributed by atoms with Crippen LogP contribution < -0.4 is 16.2 Å². The van der Waals surface area contributed by atoms with E-state index in [-0.39, 0.29) is 29.4 Å². The summed E-state index contributed by atoms with van der Waals surface area (Å²) in [5.74, 6) is -0.533. The average molecular weight is 356 g/mol. The zero-order valence-corrected chi connectivity index (χ0v) is 13.9. The number of aromatic nitrogens is 1. The molecule has 1 amide bonds. The minimum absolute atomic E-state index is 0.0566. The molecule has 1 aromatic heterocycles. The summed E-state index contributed by atoms with van der Waals surface area (Å²) in [6.07, 6.45) is 0.911. The third-order valence-corrected chi connectivity index (χ3v) is 4.91. The highest BCUT2D eigenvalue weighted by Crippen LogP contribution is 2.39. The second kappa shape index (κ2) is 6.02. The van der Waals surface area contributed by atoms with Crippen LogP contribution in [0.4, 0.5) is 14.9 Å². The number of rotatable bonds is 3. The molecule has 26 heavy (non-hydrogen) atoms. The maximum Gasteiger partial charge on any atom is 0.404 e. The van der Waals surface area contributed by atoms with E-state index in [2.05, 4.69) is 6.07 Å². The molecule has 0 bridgehead atoms.